The fourth-order valence-electron chi connectivity index (χ4n) is 5.87. The van der Waals surface area contributed by atoms with Crippen molar-refractivity contribution in [3.8, 4) is 6.07 Å². The first-order valence-electron chi connectivity index (χ1n) is 8.93. The summed E-state index contributed by atoms with van der Waals surface area (Å²) in [5.41, 5.74) is 0.509. The van der Waals surface area contributed by atoms with E-state index in [1.807, 2.05) is 13.0 Å². The average Bonchev–Trinajstić information content (AvgIpc) is 2.53. The highest BCUT2D eigenvalue weighted by Crippen LogP contribution is 2.61. The van der Waals surface area contributed by atoms with Crippen molar-refractivity contribution in [2.75, 3.05) is 0 Å². The molecule has 0 heterocycles. The number of benzene rings is 1. The lowest BCUT2D eigenvalue weighted by molar-refractivity contribution is -0.0666. The summed E-state index contributed by atoms with van der Waals surface area (Å²) < 4.78 is 28.5. The molecule has 4 nitrogen and oxygen atoms in total. The van der Waals surface area contributed by atoms with Crippen LogP contribution in [-0.4, -0.2) is 14.5 Å². The zero-order valence-electron chi connectivity index (χ0n) is 14.0. The predicted molar refractivity (Wildman–Crippen MR) is 91.5 cm³/mol. The molecular weight excluding hydrogens is 320 g/mol. The van der Waals surface area contributed by atoms with Crippen LogP contribution >= 0.6 is 0 Å². The van der Waals surface area contributed by atoms with Gasteiger partial charge in [-0.15, -0.1) is 0 Å². The van der Waals surface area contributed by atoms with Gasteiger partial charge in [0, 0.05) is 6.04 Å². The number of hydrogen-bond donors (Lipinski definition) is 1. The van der Waals surface area contributed by atoms with E-state index in [-0.39, 0.29) is 16.4 Å². The average molecular weight is 344 g/mol. The Labute approximate surface area is 144 Å². The van der Waals surface area contributed by atoms with Gasteiger partial charge in [-0.25, -0.2) is 13.1 Å². The van der Waals surface area contributed by atoms with Crippen LogP contribution in [0, 0.1) is 34.5 Å². The minimum absolute atomic E-state index is 0.0540. The van der Waals surface area contributed by atoms with Crippen molar-refractivity contribution >= 4 is 10.0 Å². The molecule has 1 aromatic rings. The van der Waals surface area contributed by atoms with Gasteiger partial charge in [0.1, 0.15) is 0 Å². The molecule has 4 aliphatic carbocycles. The van der Waals surface area contributed by atoms with E-state index in [0.717, 1.165) is 17.8 Å². The van der Waals surface area contributed by atoms with Gasteiger partial charge in [0.15, 0.2) is 0 Å². The fraction of sp³-hybridized carbons (Fsp3) is 0.632. The van der Waals surface area contributed by atoms with Crippen molar-refractivity contribution in [1.82, 2.24) is 4.72 Å². The van der Waals surface area contributed by atoms with Crippen LogP contribution in [-0.2, 0) is 10.0 Å². The summed E-state index contributed by atoms with van der Waals surface area (Å²) >= 11 is 0. The molecule has 1 unspecified atom stereocenters. The molecule has 1 aromatic carbocycles. The summed E-state index contributed by atoms with van der Waals surface area (Å²) in [6, 6.07) is 8.23. The Hall–Kier alpha value is -1.38. The molecule has 5 heteroatoms. The van der Waals surface area contributed by atoms with Gasteiger partial charge in [-0.2, -0.15) is 5.26 Å². The minimum atomic E-state index is -3.59. The summed E-state index contributed by atoms with van der Waals surface area (Å²) in [7, 11) is -3.59. The first-order chi connectivity index (χ1) is 11.4. The third-order valence-electron chi connectivity index (χ3n) is 6.61. The molecule has 0 radical (unpaired) electrons. The Bertz CT molecular complexity index is 759. The number of nitrogens with one attached hydrogen (secondary N) is 1. The molecule has 4 fully saturated rings. The quantitative estimate of drug-likeness (QED) is 0.909. The summed E-state index contributed by atoms with van der Waals surface area (Å²) in [5, 5.41) is 9.00. The number of sulfonamides is 1. The van der Waals surface area contributed by atoms with Gasteiger partial charge in [-0.05, 0) is 86.8 Å². The Balaban J connectivity index is 1.57. The van der Waals surface area contributed by atoms with Crippen LogP contribution < -0.4 is 4.72 Å². The molecule has 4 saturated carbocycles. The maximum atomic E-state index is 12.8. The Morgan fingerprint density at radius 2 is 1.75 bits per heavy atom. The van der Waals surface area contributed by atoms with Gasteiger partial charge in [0.2, 0.25) is 10.0 Å². The maximum absolute atomic E-state index is 12.8. The summed E-state index contributed by atoms with van der Waals surface area (Å²) in [6.07, 6.45) is 7.55. The second-order valence-corrected chi connectivity index (χ2v) is 9.98. The van der Waals surface area contributed by atoms with Crippen LogP contribution in [0.5, 0.6) is 0 Å². The zero-order chi connectivity index (χ0) is 16.9. The van der Waals surface area contributed by atoms with Gasteiger partial charge in [-0.1, -0.05) is 6.07 Å². The fourth-order valence-corrected chi connectivity index (χ4v) is 7.26. The Kier molecular flexibility index (Phi) is 3.74. The van der Waals surface area contributed by atoms with E-state index in [9.17, 15) is 8.42 Å². The lowest BCUT2D eigenvalue weighted by Crippen LogP contribution is -2.55. The SMILES string of the molecule is CC(NS(=O)(=O)c1cccc(C#N)c1)C12CC3CC(CC(C3)C1)C2. The number of hydrogen-bond acceptors (Lipinski definition) is 3. The largest absolute Gasteiger partial charge is 0.240 e. The highest BCUT2D eigenvalue weighted by atomic mass is 32.2. The molecule has 1 atom stereocenters. The first-order valence-corrected chi connectivity index (χ1v) is 10.4. The van der Waals surface area contributed by atoms with Crippen LogP contribution in [0.3, 0.4) is 0 Å². The van der Waals surface area contributed by atoms with E-state index < -0.39 is 10.0 Å². The highest BCUT2D eigenvalue weighted by Gasteiger charge is 2.53. The van der Waals surface area contributed by atoms with Gasteiger partial charge in [0.05, 0.1) is 16.5 Å². The lowest BCUT2D eigenvalue weighted by atomic mass is 9.48. The van der Waals surface area contributed by atoms with E-state index >= 15 is 0 Å². The lowest BCUT2D eigenvalue weighted by Gasteiger charge is -2.59. The number of nitrogens with zero attached hydrogens (tertiary/aromatic N) is 1. The Morgan fingerprint density at radius 1 is 1.17 bits per heavy atom. The topological polar surface area (TPSA) is 70.0 Å². The van der Waals surface area contributed by atoms with Gasteiger partial charge >= 0.3 is 0 Å². The van der Waals surface area contributed by atoms with Crippen molar-refractivity contribution in [3.63, 3.8) is 0 Å². The molecule has 1 N–H and O–H groups in total. The van der Waals surface area contributed by atoms with Crippen LogP contribution in [0.2, 0.25) is 0 Å². The van der Waals surface area contributed by atoms with E-state index in [1.54, 1.807) is 18.2 Å². The van der Waals surface area contributed by atoms with Gasteiger partial charge in [-0.3, -0.25) is 0 Å². The van der Waals surface area contributed by atoms with Crippen molar-refractivity contribution in [2.24, 2.45) is 23.2 Å². The second-order valence-electron chi connectivity index (χ2n) is 8.26. The molecule has 128 valence electrons. The van der Waals surface area contributed by atoms with Crippen LogP contribution in [0.4, 0.5) is 0 Å². The predicted octanol–water partition coefficient (Wildman–Crippen LogP) is 3.44. The Morgan fingerprint density at radius 3 is 2.29 bits per heavy atom. The summed E-state index contributed by atoms with van der Waals surface area (Å²) in [4.78, 5) is 0.193. The molecule has 0 spiro atoms. The molecule has 0 amide bonds. The molecule has 5 rings (SSSR count). The molecule has 4 aliphatic rings. The van der Waals surface area contributed by atoms with E-state index in [0.29, 0.717) is 5.56 Å². The number of nitriles is 1. The molecule has 4 bridgehead atoms. The molecular formula is C19H24N2O2S. The van der Waals surface area contributed by atoms with Crippen LogP contribution in [0.25, 0.3) is 0 Å². The summed E-state index contributed by atoms with van der Waals surface area (Å²) in [5.74, 6) is 2.39. The third kappa shape index (κ3) is 2.66. The zero-order valence-corrected chi connectivity index (χ0v) is 14.8. The normalized spacial score (nSPS) is 35.6. The minimum Gasteiger partial charge on any atom is -0.208 e. The van der Waals surface area contributed by atoms with Crippen molar-refractivity contribution in [1.29, 1.82) is 5.26 Å². The van der Waals surface area contributed by atoms with E-state index in [2.05, 4.69) is 4.72 Å². The van der Waals surface area contributed by atoms with Crippen LogP contribution in [0.15, 0.2) is 29.2 Å². The second kappa shape index (κ2) is 5.57. The van der Waals surface area contributed by atoms with E-state index in [4.69, 9.17) is 5.26 Å². The highest BCUT2D eigenvalue weighted by molar-refractivity contribution is 7.89. The van der Waals surface area contributed by atoms with Gasteiger partial charge < -0.3 is 0 Å². The van der Waals surface area contributed by atoms with Crippen LogP contribution in [0.1, 0.15) is 51.0 Å². The molecule has 0 saturated heterocycles. The maximum Gasteiger partial charge on any atom is 0.240 e. The molecule has 0 aromatic heterocycles. The smallest absolute Gasteiger partial charge is 0.208 e. The van der Waals surface area contributed by atoms with Crippen molar-refractivity contribution in [2.45, 2.75) is 56.4 Å². The standard InChI is InChI=1S/C19H24N2O2S/c1-13(19-9-15-5-16(10-19)7-17(6-15)11-19)21-24(22,23)18-4-2-3-14(8-18)12-20/h2-4,8,13,15-17,21H,5-7,9-11H2,1H3. The molecule has 24 heavy (non-hydrogen) atoms. The van der Waals surface area contributed by atoms with E-state index in [1.165, 1.54) is 44.6 Å². The third-order valence-corrected chi connectivity index (χ3v) is 8.15. The van der Waals surface area contributed by atoms with Gasteiger partial charge in [0.25, 0.3) is 0 Å². The summed E-state index contributed by atoms with van der Waals surface area (Å²) in [6.45, 7) is 2.04. The number of rotatable bonds is 4. The first kappa shape index (κ1) is 16.1. The molecule has 0 aliphatic heterocycles. The monoisotopic (exact) mass is 344 g/mol. The van der Waals surface area contributed by atoms with Crippen molar-refractivity contribution < 1.29 is 8.42 Å². The van der Waals surface area contributed by atoms with Crippen molar-refractivity contribution in [3.05, 3.63) is 29.8 Å².